The lowest BCUT2D eigenvalue weighted by molar-refractivity contribution is -0.123. The Bertz CT molecular complexity index is 451. The predicted molar refractivity (Wildman–Crippen MR) is 84.7 cm³/mol. The number of carbonyl (C=O) groups is 1. The fraction of sp³-hybridized carbons (Fsp3) is 0.562. The molecule has 0 aromatic heterocycles. The summed E-state index contributed by atoms with van der Waals surface area (Å²) in [5.74, 6) is 4.98. The zero-order valence-electron chi connectivity index (χ0n) is 13.0. The zero-order valence-corrected chi connectivity index (χ0v) is 13.0. The summed E-state index contributed by atoms with van der Waals surface area (Å²) in [5, 5.41) is 0. The summed E-state index contributed by atoms with van der Waals surface area (Å²) in [6.07, 6.45) is 2.50. The van der Waals surface area contributed by atoms with Crippen LogP contribution in [-0.2, 0) is 4.79 Å². The molecule has 2 rings (SSSR count). The maximum Gasteiger partial charge on any atom is 0.242 e. The molecule has 1 heterocycles. The standard InChI is InChI=1S/C16H26N4O/c1-19(11-14-9-6-10-20(14)2)12-15(16(21)18-17)13-7-4-3-5-8-13/h3-5,7-8,14-15H,6,9-12,17H2,1-2H3,(H,18,21). The highest BCUT2D eigenvalue weighted by atomic mass is 16.2. The van der Waals surface area contributed by atoms with Crippen LogP contribution in [0.25, 0.3) is 0 Å². The number of rotatable bonds is 6. The first-order chi connectivity index (χ1) is 10.1. The van der Waals surface area contributed by atoms with Gasteiger partial charge in [0, 0.05) is 19.1 Å². The van der Waals surface area contributed by atoms with Crippen LogP contribution in [0.5, 0.6) is 0 Å². The molecule has 5 nitrogen and oxygen atoms in total. The van der Waals surface area contributed by atoms with Gasteiger partial charge in [-0.15, -0.1) is 0 Å². The predicted octanol–water partition coefficient (Wildman–Crippen LogP) is 0.786. The largest absolute Gasteiger partial charge is 0.304 e. The van der Waals surface area contributed by atoms with Crippen LogP contribution < -0.4 is 11.3 Å². The minimum Gasteiger partial charge on any atom is -0.304 e. The van der Waals surface area contributed by atoms with Gasteiger partial charge in [0.25, 0.3) is 0 Å². The first-order valence-electron chi connectivity index (χ1n) is 7.56. The minimum atomic E-state index is -0.229. The molecule has 1 amide bonds. The van der Waals surface area contributed by atoms with Crippen molar-refractivity contribution < 1.29 is 4.79 Å². The third kappa shape index (κ3) is 4.27. The number of carbonyl (C=O) groups excluding carboxylic acids is 1. The van der Waals surface area contributed by atoms with Gasteiger partial charge in [-0.25, -0.2) is 5.84 Å². The molecular weight excluding hydrogens is 264 g/mol. The Morgan fingerprint density at radius 3 is 2.76 bits per heavy atom. The van der Waals surface area contributed by atoms with Crippen molar-refractivity contribution in [3.63, 3.8) is 0 Å². The number of hydrogen-bond acceptors (Lipinski definition) is 4. The average molecular weight is 290 g/mol. The van der Waals surface area contributed by atoms with Crippen molar-refractivity contribution in [2.75, 3.05) is 33.7 Å². The van der Waals surface area contributed by atoms with Crippen molar-refractivity contribution >= 4 is 5.91 Å². The number of nitrogens with two attached hydrogens (primary N) is 1. The molecule has 116 valence electrons. The van der Waals surface area contributed by atoms with Crippen LogP contribution in [0.3, 0.4) is 0 Å². The summed E-state index contributed by atoms with van der Waals surface area (Å²) in [4.78, 5) is 16.7. The summed E-state index contributed by atoms with van der Waals surface area (Å²) >= 11 is 0. The van der Waals surface area contributed by atoms with Crippen molar-refractivity contribution in [3.05, 3.63) is 35.9 Å². The Hall–Kier alpha value is -1.43. The summed E-state index contributed by atoms with van der Waals surface area (Å²) in [6.45, 7) is 2.83. The Balaban J connectivity index is 1.99. The molecule has 1 aliphatic heterocycles. The van der Waals surface area contributed by atoms with E-state index >= 15 is 0 Å². The van der Waals surface area contributed by atoms with E-state index in [1.54, 1.807) is 0 Å². The van der Waals surface area contributed by atoms with Crippen LogP contribution in [0.2, 0.25) is 0 Å². The summed E-state index contributed by atoms with van der Waals surface area (Å²) < 4.78 is 0. The Kier molecular flexibility index (Phi) is 5.73. The normalized spacial score (nSPS) is 20.7. The topological polar surface area (TPSA) is 61.6 Å². The molecule has 3 N–H and O–H groups in total. The van der Waals surface area contributed by atoms with Crippen LogP contribution >= 0.6 is 0 Å². The molecule has 1 aromatic rings. The molecule has 1 fully saturated rings. The zero-order chi connectivity index (χ0) is 15.2. The molecule has 2 unspecified atom stereocenters. The van der Waals surface area contributed by atoms with Crippen molar-refractivity contribution in [1.82, 2.24) is 15.2 Å². The van der Waals surface area contributed by atoms with Crippen LogP contribution in [0.15, 0.2) is 30.3 Å². The number of hydrogen-bond donors (Lipinski definition) is 2. The van der Waals surface area contributed by atoms with Crippen molar-refractivity contribution in [3.8, 4) is 0 Å². The summed E-state index contributed by atoms with van der Waals surface area (Å²) in [5.41, 5.74) is 3.30. The van der Waals surface area contributed by atoms with E-state index in [2.05, 4.69) is 29.3 Å². The highest BCUT2D eigenvalue weighted by molar-refractivity contribution is 5.83. The van der Waals surface area contributed by atoms with Crippen molar-refractivity contribution in [1.29, 1.82) is 0 Å². The van der Waals surface area contributed by atoms with E-state index in [1.165, 1.54) is 19.4 Å². The molecule has 0 bridgehead atoms. The van der Waals surface area contributed by atoms with Gasteiger partial charge >= 0.3 is 0 Å². The van der Waals surface area contributed by atoms with Gasteiger partial charge in [-0.3, -0.25) is 10.2 Å². The number of hydrazine groups is 1. The minimum absolute atomic E-state index is 0.132. The van der Waals surface area contributed by atoms with Crippen LogP contribution in [0.1, 0.15) is 24.3 Å². The van der Waals surface area contributed by atoms with Crippen molar-refractivity contribution in [2.45, 2.75) is 24.8 Å². The van der Waals surface area contributed by atoms with E-state index in [9.17, 15) is 4.79 Å². The number of nitrogens with one attached hydrogen (secondary N) is 1. The van der Waals surface area contributed by atoms with E-state index in [0.717, 1.165) is 12.1 Å². The highest BCUT2D eigenvalue weighted by Crippen LogP contribution is 2.19. The van der Waals surface area contributed by atoms with Gasteiger partial charge in [0.05, 0.1) is 5.92 Å². The van der Waals surface area contributed by atoms with E-state index in [4.69, 9.17) is 5.84 Å². The number of likely N-dealkylation sites (tertiary alicyclic amines) is 1. The SMILES string of the molecule is CN(CC(C(=O)NN)c1ccccc1)CC1CCCN1C. The average Bonchev–Trinajstić information content (AvgIpc) is 2.90. The van der Waals surface area contributed by atoms with Gasteiger partial charge in [-0.1, -0.05) is 30.3 Å². The molecule has 0 saturated carbocycles. The molecule has 0 radical (unpaired) electrons. The third-order valence-corrected chi connectivity index (χ3v) is 4.35. The highest BCUT2D eigenvalue weighted by Gasteiger charge is 2.25. The second-order valence-corrected chi connectivity index (χ2v) is 5.97. The summed E-state index contributed by atoms with van der Waals surface area (Å²) in [6, 6.07) is 10.4. The Morgan fingerprint density at radius 1 is 1.48 bits per heavy atom. The van der Waals surface area contributed by atoms with Gasteiger partial charge < -0.3 is 9.80 Å². The van der Waals surface area contributed by atoms with Gasteiger partial charge in [-0.2, -0.15) is 0 Å². The Labute approximate surface area is 127 Å². The first kappa shape index (κ1) is 15.9. The molecule has 2 atom stereocenters. The molecule has 5 heteroatoms. The molecule has 21 heavy (non-hydrogen) atoms. The van der Waals surface area contributed by atoms with Crippen molar-refractivity contribution in [2.24, 2.45) is 5.84 Å². The third-order valence-electron chi connectivity index (χ3n) is 4.35. The van der Waals surface area contributed by atoms with E-state index in [1.807, 2.05) is 30.3 Å². The van der Waals surface area contributed by atoms with Gasteiger partial charge in [0.15, 0.2) is 0 Å². The smallest absolute Gasteiger partial charge is 0.242 e. The van der Waals surface area contributed by atoms with E-state index in [-0.39, 0.29) is 11.8 Å². The maximum atomic E-state index is 12.1. The van der Waals surface area contributed by atoms with Crippen LogP contribution in [-0.4, -0.2) is 55.5 Å². The maximum absolute atomic E-state index is 12.1. The molecule has 0 aliphatic carbocycles. The quantitative estimate of drug-likeness (QED) is 0.462. The fourth-order valence-electron chi connectivity index (χ4n) is 3.08. The number of nitrogens with zero attached hydrogens (tertiary/aromatic N) is 2. The lowest BCUT2D eigenvalue weighted by atomic mass is 9.97. The Morgan fingerprint density at radius 2 is 2.19 bits per heavy atom. The molecule has 1 saturated heterocycles. The molecule has 0 spiro atoms. The first-order valence-corrected chi connectivity index (χ1v) is 7.56. The molecular formula is C16H26N4O. The molecule has 1 aliphatic rings. The summed E-state index contributed by atoms with van der Waals surface area (Å²) in [7, 11) is 4.25. The number of amides is 1. The second-order valence-electron chi connectivity index (χ2n) is 5.97. The lowest BCUT2D eigenvalue weighted by Crippen LogP contribution is -2.42. The van der Waals surface area contributed by atoms with Gasteiger partial charge in [-0.05, 0) is 39.0 Å². The molecule has 1 aromatic carbocycles. The lowest BCUT2D eigenvalue weighted by Gasteiger charge is -2.28. The van der Waals surface area contributed by atoms with Gasteiger partial charge in [0.2, 0.25) is 5.91 Å². The van der Waals surface area contributed by atoms with Gasteiger partial charge in [0.1, 0.15) is 0 Å². The van der Waals surface area contributed by atoms with Crippen LogP contribution in [0.4, 0.5) is 0 Å². The van der Waals surface area contributed by atoms with Crippen LogP contribution in [0, 0.1) is 0 Å². The second kappa shape index (κ2) is 7.54. The monoisotopic (exact) mass is 290 g/mol. The van der Waals surface area contributed by atoms with E-state index in [0.29, 0.717) is 12.6 Å². The van der Waals surface area contributed by atoms with E-state index < -0.39 is 0 Å². The number of benzene rings is 1. The number of likely N-dealkylation sites (N-methyl/N-ethyl adjacent to an activating group) is 2. The fourth-order valence-corrected chi connectivity index (χ4v) is 3.08.